The summed E-state index contributed by atoms with van der Waals surface area (Å²) in [6, 6.07) is 0. The molecule has 2 unspecified atom stereocenters. The number of aldehydes is 1. The fourth-order valence-corrected chi connectivity index (χ4v) is 4.30. The van der Waals surface area contributed by atoms with E-state index in [4.69, 9.17) is 14.2 Å². The Balaban J connectivity index is 1.50. The molecule has 2 aliphatic heterocycles. The molecule has 154 valence electrons. The van der Waals surface area contributed by atoms with E-state index in [1.165, 1.54) is 12.5 Å². The molecule has 2 atom stereocenters. The van der Waals surface area contributed by atoms with Gasteiger partial charge >= 0.3 is 0 Å². The van der Waals surface area contributed by atoms with Gasteiger partial charge in [-0.15, -0.1) is 0 Å². The van der Waals surface area contributed by atoms with Crippen LogP contribution in [-0.2, 0) is 20.7 Å². The molecule has 5 nitrogen and oxygen atoms in total. The maximum absolute atomic E-state index is 10.9. The molecule has 1 aromatic rings. The van der Waals surface area contributed by atoms with E-state index in [9.17, 15) is 9.90 Å². The van der Waals surface area contributed by atoms with Crippen LogP contribution in [0.1, 0.15) is 54.4 Å². The zero-order valence-corrected chi connectivity index (χ0v) is 16.9. The summed E-state index contributed by atoms with van der Waals surface area (Å²) < 4.78 is 17.6. The van der Waals surface area contributed by atoms with Crippen molar-refractivity contribution in [3.63, 3.8) is 0 Å². The number of benzene rings is 1. The highest BCUT2D eigenvalue weighted by Crippen LogP contribution is 2.50. The van der Waals surface area contributed by atoms with Crippen molar-refractivity contribution in [1.29, 1.82) is 0 Å². The van der Waals surface area contributed by atoms with Crippen LogP contribution >= 0.6 is 0 Å². The summed E-state index contributed by atoms with van der Waals surface area (Å²) in [6.45, 7) is 3.35. The minimum Gasteiger partial charge on any atom is -0.507 e. The molecule has 4 rings (SSSR count). The number of rotatable bonds is 8. The maximum Gasteiger partial charge on any atom is 0.157 e. The van der Waals surface area contributed by atoms with E-state index in [0.717, 1.165) is 78.6 Å². The van der Waals surface area contributed by atoms with Gasteiger partial charge in [-0.2, -0.15) is 0 Å². The van der Waals surface area contributed by atoms with Gasteiger partial charge in [0.2, 0.25) is 0 Å². The van der Waals surface area contributed by atoms with E-state index in [0.29, 0.717) is 6.61 Å². The molecule has 3 aliphatic rings. The average Bonchev–Trinajstić information content (AvgIpc) is 3.33. The van der Waals surface area contributed by atoms with Gasteiger partial charge in [0.05, 0.1) is 5.56 Å². The molecule has 0 spiro atoms. The summed E-state index contributed by atoms with van der Waals surface area (Å²) >= 11 is 0. The first kappa shape index (κ1) is 19.9. The molecule has 0 radical (unpaired) electrons. The Morgan fingerprint density at radius 3 is 3.00 bits per heavy atom. The molecule has 1 aromatic carbocycles. The van der Waals surface area contributed by atoms with Gasteiger partial charge in [-0.05, 0) is 68.7 Å². The summed E-state index contributed by atoms with van der Waals surface area (Å²) in [4.78, 5) is 10.9. The number of hydrogen-bond donors (Lipinski definition) is 1. The standard InChI is InChI=1S/C24H28O5/c1-16-17(10-7-13-25)18(8-2-4-14-27-21-12-3-5-15-28-21)24-22(23(16)26)19-9-6-11-20(19)29-24/h6-7,9-11,13,20-21,26H,2-5,8,12,14-15H2,1H3. The van der Waals surface area contributed by atoms with Crippen molar-refractivity contribution in [1.82, 2.24) is 0 Å². The van der Waals surface area contributed by atoms with Crippen LogP contribution in [0, 0.1) is 6.92 Å². The number of carbonyl (C=O) groups is 1. The molecule has 5 heteroatoms. The highest BCUT2D eigenvalue weighted by Gasteiger charge is 2.35. The zero-order chi connectivity index (χ0) is 20.2. The van der Waals surface area contributed by atoms with Crippen molar-refractivity contribution in [2.45, 2.75) is 57.8 Å². The lowest BCUT2D eigenvalue weighted by Gasteiger charge is -2.22. The van der Waals surface area contributed by atoms with Gasteiger partial charge in [0.1, 0.15) is 23.9 Å². The highest BCUT2D eigenvalue weighted by atomic mass is 16.7. The summed E-state index contributed by atoms with van der Waals surface area (Å²) in [7, 11) is 0. The van der Waals surface area contributed by atoms with E-state index in [2.05, 4.69) is 0 Å². The fraction of sp³-hybridized carbons (Fsp3) is 0.458. The van der Waals surface area contributed by atoms with Crippen LogP contribution in [-0.4, -0.2) is 37.0 Å². The Morgan fingerprint density at radius 2 is 2.21 bits per heavy atom. The van der Waals surface area contributed by atoms with Gasteiger partial charge in [0.25, 0.3) is 0 Å². The second kappa shape index (κ2) is 8.97. The molecule has 1 N–H and O–H groups in total. The third kappa shape index (κ3) is 4.02. The summed E-state index contributed by atoms with van der Waals surface area (Å²) in [6.07, 6.45) is 15.6. The van der Waals surface area contributed by atoms with Crippen molar-refractivity contribution in [2.75, 3.05) is 13.2 Å². The van der Waals surface area contributed by atoms with E-state index in [-0.39, 0.29) is 18.1 Å². The largest absolute Gasteiger partial charge is 0.507 e. The molecule has 0 aromatic heterocycles. The van der Waals surface area contributed by atoms with Crippen LogP contribution in [0.2, 0.25) is 0 Å². The summed E-state index contributed by atoms with van der Waals surface area (Å²) in [5.74, 6) is 0.986. The highest BCUT2D eigenvalue weighted by molar-refractivity contribution is 5.89. The van der Waals surface area contributed by atoms with Crippen molar-refractivity contribution in [2.24, 2.45) is 0 Å². The lowest BCUT2D eigenvalue weighted by molar-refractivity contribution is -0.162. The van der Waals surface area contributed by atoms with Gasteiger partial charge in [-0.25, -0.2) is 0 Å². The van der Waals surface area contributed by atoms with Crippen LogP contribution in [0.15, 0.2) is 24.3 Å². The zero-order valence-electron chi connectivity index (χ0n) is 16.9. The molecule has 2 heterocycles. The number of fused-ring (bicyclic) bond motifs is 3. The van der Waals surface area contributed by atoms with Crippen LogP contribution < -0.4 is 4.74 Å². The Morgan fingerprint density at radius 1 is 1.31 bits per heavy atom. The average molecular weight is 396 g/mol. The fourth-order valence-electron chi connectivity index (χ4n) is 4.30. The summed E-state index contributed by atoms with van der Waals surface area (Å²) in [5.41, 5.74) is 4.49. The minimum atomic E-state index is -0.133. The quantitative estimate of drug-likeness (QED) is 0.398. The van der Waals surface area contributed by atoms with Crippen molar-refractivity contribution >= 4 is 17.9 Å². The number of phenols is 1. The Hall–Kier alpha value is -2.37. The second-order valence-corrected chi connectivity index (χ2v) is 7.73. The third-order valence-corrected chi connectivity index (χ3v) is 5.83. The first-order valence-electron chi connectivity index (χ1n) is 10.5. The van der Waals surface area contributed by atoms with Crippen molar-refractivity contribution in [3.8, 4) is 11.5 Å². The van der Waals surface area contributed by atoms with Crippen molar-refractivity contribution in [3.05, 3.63) is 46.6 Å². The van der Waals surface area contributed by atoms with E-state index >= 15 is 0 Å². The molecule has 0 amide bonds. The summed E-state index contributed by atoms with van der Waals surface area (Å²) in [5, 5.41) is 10.8. The normalized spacial score (nSPS) is 22.4. The van der Waals surface area contributed by atoms with Crippen LogP contribution in [0.4, 0.5) is 0 Å². The molecule has 1 saturated heterocycles. The van der Waals surface area contributed by atoms with Gasteiger partial charge in [-0.3, -0.25) is 4.79 Å². The Kier molecular flexibility index (Phi) is 6.16. The van der Waals surface area contributed by atoms with E-state index in [1.807, 2.05) is 25.2 Å². The number of unbranched alkanes of at least 4 members (excludes halogenated alkanes) is 1. The third-order valence-electron chi connectivity index (χ3n) is 5.83. The van der Waals surface area contributed by atoms with Gasteiger partial charge < -0.3 is 19.3 Å². The maximum atomic E-state index is 10.9. The molecular weight excluding hydrogens is 368 g/mol. The monoisotopic (exact) mass is 396 g/mol. The van der Waals surface area contributed by atoms with Gasteiger partial charge in [0, 0.05) is 24.4 Å². The van der Waals surface area contributed by atoms with E-state index in [1.54, 1.807) is 6.08 Å². The Labute approximate surface area is 171 Å². The number of hydrogen-bond acceptors (Lipinski definition) is 5. The predicted octanol–water partition coefficient (Wildman–Crippen LogP) is 4.49. The molecule has 0 bridgehead atoms. The second-order valence-electron chi connectivity index (χ2n) is 7.73. The minimum absolute atomic E-state index is 0.0589. The predicted molar refractivity (Wildman–Crippen MR) is 112 cm³/mol. The van der Waals surface area contributed by atoms with Crippen LogP contribution in [0.5, 0.6) is 11.5 Å². The molecule has 29 heavy (non-hydrogen) atoms. The van der Waals surface area contributed by atoms with Crippen LogP contribution in [0.3, 0.4) is 0 Å². The lowest BCUT2D eigenvalue weighted by Crippen LogP contribution is -2.22. The topological polar surface area (TPSA) is 65.0 Å². The number of aromatic hydroxyl groups is 1. The van der Waals surface area contributed by atoms with Gasteiger partial charge in [-0.1, -0.05) is 18.2 Å². The smallest absolute Gasteiger partial charge is 0.157 e. The molecule has 1 aliphatic carbocycles. The van der Waals surface area contributed by atoms with Crippen LogP contribution in [0.25, 0.3) is 11.6 Å². The number of allylic oxidation sites excluding steroid dienone is 3. The first-order chi connectivity index (χ1) is 14.2. The molecule has 1 fully saturated rings. The van der Waals surface area contributed by atoms with Gasteiger partial charge in [0.15, 0.2) is 6.29 Å². The molecular formula is C24H28O5. The number of carbonyl (C=O) groups excluding carboxylic acids is 1. The van der Waals surface area contributed by atoms with E-state index < -0.39 is 0 Å². The number of ether oxygens (including phenoxy) is 3. The molecule has 0 saturated carbocycles. The SMILES string of the molecule is Cc1c(O)c2c(c(CCCCOC3CCCCO3)c1C=CC=O)OC1C=CC=C21. The first-order valence-corrected chi connectivity index (χ1v) is 10.5. The lowest BCUT2D eigenvalue weighted by atomic mass is 9.90. The van der Waals surface area contributed by atoms with Crippen molar-refractivity contribution < 1.29 is 24.1 Å². The number of phenolic OH excluding ortho intramolecular Hbond substituents is 1. The Bertz CT molecular complexity index is 859.